The standard InChI is InChI=1S/C21H22F3N3O4/c1-3-4-5-16-10(2)27-9-13(18(28)19(29)17(27)21(31)26-16)20(30)25-8-12-14(23)6-11(22)7-15(12)24/h6-7,9-10,16,29H,3-5,8H2,1-2H3,(H,25,30)(H,26,31)/t10-,16+/m0/s1. The molecule has 2 atom stereocenters. The molecule has 10 heteroatoms. The van der Waals surface area contributed by atoms with Crippen molar-refractivity contribution in [1.29, 1.82) is 0 Å². The summed E-state index contributed by atoms with van der Waals surface area (Å²) >= 11 is 0. The molecule has 3 rings (SSSR count). The highest BCUT2D eigenvalue weighted by atomic mass is 19.1. The second kappa shape index (κ2) is 8.83. The summed E-state index contributed by atoms with van der Waals surface area (Å²) in [6, 6.07) is 0.325. The molecule has 0 saturated carbocycles. The predicted molar refractivity (Wildman–Crippen MR) is 105 cm³/mol. The number of aromatic nitrogens is 1. The second-order valence-electron chi connectivity index (χ2n) is 7.47. The molecule has 0 aliphatic carbocycles. The van der Waals surface area contributed by atoms with E-state index < -0.39 is 58.1 Å². The molecule has 1 aromatic carbocycles. The number of hydrogen-bond acceptors (Lipinski definition) is 4. The summed E-state index contributed by atoms with van der Waals surface area (Å²) in [5.74, 6) is -5.99. The highest BCUT2D eigenvalue weighted by Crippen LogP contribution is 2.27. The Bertz CT molecular complexity index is 1080. The molecule has 0 bridgehead atoms. The van der Waals surface area contributed by atoms with E-state index in [2.05, 4.69) is 10.6 Å². The summed E-state index contributed by atoms with van der Waals surface area (Å²) in [6.45, 7) is 3.13. The largest absolute Gasteiger partial charge is 0.503 e. The fourth-order valence-corrected chi connectivity index (χ4v) is 3.62. The first-order chi connectivity index (χ1) is 14.6. The summed E-state index contributed by atoms with van der Waals surface area (Å²) < 4.78 is 42.0. The fraction of sp³-hybridized carbons (Fsp3) is 0.381. The quantitative estimate of drug-likeness (QED) is 0.647. The first-order valence-electron chi connectivity index (χ1n) is 9.86. The Hall–Kier alpha value is -3.30. The number of hydrogen-bond donors (Lipinski definition) is 3. The van der Waals surface area contributed by atoms with Gasteiger partial charge in [-0.15, -0.1) is 0 Å². The van der Waals surface area contributed by atoms with Crippen molar-refractivity contribution in [2.45, 2.75) is 51.7 Å². The smallest absolute Gasteiger partial charge is 0.272 e. The molecule has 1 aromatic heterocycles. The maximum Gasteiger partial charge on any atom is 0.272 e. The van der Waals surface area contributed by atoms with Gasteiger partial charge < -0.3 is 20.3 Å². The maximum absolute atomic E-state index is 13.8. The van der Waals surface area contributed by atoms with Gasteiger partial charge in [0.15, 0.2) is 11.4 Å². The number of carbonyl (C=O) groups is 2. The number of carbonyl (C=O) groups excluding carboxylic acids is 2. The van der Waals surface area contributed by atoms with E-state index in [1.807, 2.05) is 6.92 Å². The summed E-state index contributed by atoms with van der Waals surface area (Å²) in [4.78, 5) is 37.5. The Morgan fingerprint density at radius 3 is 2.48 bits per heavy atom. The van der Waals surface area contributed by atoms with Crippen LogP contribution < -0.4 is 16.1 Å². The molecule has 1 aliphatic heterocycles. The van der Waals surface area contributed by atoms with Crippen LogP contribution in [-0.4, -0.2) is 27.5 Å². The molecule has 2 heterocycles. The van der Waals surface area contributed by atoms with Gasteiger partial charge in [-0.25, -0.2) is 13.2 Å². The zero-order valence-electron chi connectivity index (χ0n) is 17.0. The van der Waals surface area contributed by atoms with Crippen LogP contribution in [0.1, 0.15) is 65.6 Å². The van der Waals surface area contributed by atoms with Gasteiger partial charge in [0, 0.05) is 36.5 Å². The number of amides is 2. The van der Waals surface area contributed by atoms with Crippen LogP contribution in [0.4, 0.5) is 13.2 Å². The van der Waals surface area contributed by atoms with Crippen LogP contribution >= 0.6 is 0 Å². The van der Waals surface area contributed by atoms with Crippen LogP contribution in [0.5, 0.6) is 5.75 Å². The van der Waals surface area contributed by atoms with Crippen molar-refractivity contribution in [2.75, 3.05) is 0 Å². The molecule has 1 aliphatic rings. The molecule has 166 valence electrons. The highest BCUT2D eigenvalue weighted by Gasteiger charge is 2.34. The molecule has 0 fully saturated rings. The highest BCUT2D eigenvalue weighted by molar-refractivity contribution is 5.99. The Morgan fingerprint density at radius 1 is 1.23 bits per heavy atom. The molecule has 0 unspecified atom stereocenters. The van der Waals surface area contributed by atoms with Crippen LogP contribution in [0.15, 0.2) is 23.1 Å². The van der Waals surface area contributed by atoms with Crippen molar-refractivity contribution >= 4 is 11.8 Å². The van der Waals surface area contributed by atoms with Gasteiger partial charge in [0.05, 0.1) is 6.04 Å². The zero-order chi connectivity index (χ0) is 22.9. The van der Waals surface area contributed by atoms with Crippen LogP contribution in [0.3, 0.4) is 0 Å². The Balaban J connectivity index is 1.92. The molecule has 3 N–H and O–H groups in total. The third-order valence-corrected chi connectivity index (χ3v) is 5.41. The molecule has 2 amide bonds. The normalized spacial score (nSPS) is 17.8. The molecule has 0 spiro atoms. The van der Waals surface area contributed by atoms with Crippen LogP contribution in [-0.2, 0) is 6.54 Å². The van der Waals surface area contributed by atoms with Gasteiger partial charge in [-0.2, -0.15) is 0 Å². The van der Waals surface area contributed by atoms with Crippen LogP contribution in [0.25, 0.3) is 0 Å². The minimum absolute atomic E-state index is 0.252. The van der Waals surface area contributed by atoms with Crippen molar-refractivity contribution in [2.24, 2.45) is 0 Å². The van der Waals surface area contributed by atoms with Gasteiger partial charge in [-0.05, 0) is 13.3 Å². The fourth-order valence-electron chi connectivity index (χ4n) is 3.62. The van der Waals surface area contributed by atoms with E-state index in [0.717, 1.165) is 19.0 Å². The monoisotopic (exact) mass is 437 g/mol. The summed E-state index contributed by atoms with van der Waals surface area (Å²) in [7, 11) is 0. The molecule has 0 saturated heterocycles. The minimum Gasteiger partial charge on any atom is -0.503 e. The number of pyridine rings is 1. The summed E-state index contributed by atoms with van der Waals surface area (Å²) in [6.07, 6.45) is 3.58. The van der Waals surface area contributed by atoms with Gasteiger partial charge in [-0.3, -0.25) is 14.4 Å². The predicted octanol–water partition coefficient (Wildman–Crippen LogP) is 2.76. The number of halogens is 3. The van der Waals surface area contributed by atoms with Gasteiger partial charge in [0.2, 0.25) is 5.43 Å². The van der Waals surface area contributed by atoms with E-state index in [1.54, 1.807) is 6.92 Å². The zero-order valence-corrected chi connectivity index (χ0v) is 17.0. The van der Waals surface area contributed by atoms with E-state index in [-0.39, 0.29) is 17.8 Å². The van der Waals surface area contributed by atoms with Crippen molar-refractivity contribution in [3.05, 3.63) is 62.8 Å². The summed E-state index contributed by atoms with van der Waals surface area (Å²) in [5.41, 5.74) is -2.40. The lowest BCUT2D eigenvalue weighted by molar-refractivity contribution is 0.0864. The topological polar surface area (TPSA) is 100 Å². The average molecular weight is 437 g/mol. The van der Waals surface area contributed by atoms with Crippen molar-refractivity contribution in [3.63, 3.8) is 0 Å². The van der Waals surface area contributed by atoms with Crippen LogP contribution in [0.2, 0.25) is 0 Å². The molecule has 7 nitrogen and oxygen atoms in total. The van der Waals surface area contributed by atoms with E-state index >= 15 is 0 Å². The molecular formula is C21H22F3N3O4. The minimum atomic E-state index is -1.19. The van der Waals surface area contributed by atoms with E-state index in [9.17, 15) is 32.7 Å². The Morgan fingerprint density at radius 2 is 1.87 bits per heavy atom. The van der Waals surface area contributed by atoms with Gasteiger partial charge in [-0.1, -0.05) is 19.8 Å². The van der Waals surface area contributed by atoms with E-state index in [0.29, 0.717) is 18.6 Å². The summed E-state index contributed by atoms with van der Waals surface area (Å²) in [5, 5.41) is 15.3. The molecule has 2 aromatic rings. The van der Waals surface area contributed by atoms with Crippen molar-refractivity contribution in [1.82, 2.24) is 15.2 Å². The first kappa shape index (κ1) is 22.4. The maximum atomic E-state index is 13.8. The number of unbranched alkanes of at least 4 members (excludes halogenated alkanes) is 1. The number of fused-ring (bicyclic) bond motifs is 1. The average Bonchev–Trinajstić information content (AvgIpc) is 2.70. The third kappa shape index (κ3) is 4.28. The lowest BCUT2D eigenvalue weighted by Gasteiger charge is -2.34. The second-order valence-corrected chi connectivity index (χ2v) is 7.47. The lowest BCUT2D eigenvalue weighted by atomic mass is 9.98. The number of aromatic hydroxyl groups is 1. The SMILES string of the molecule is CCCC[C@H]1NC(=O)c2c(O)c(=O)c(C(=O)NCc3c(F)cc(F)cc3F)cn2[C@H]1C. The number of nitrogens with one attached hydrogen (secondary N) is 2. The molecule has 31 heavy (non-hydrogen) atoms. The third-order valence-electron chi connectivity index (χ3n) is 5.41. The van der Waals surface area contributed by atoms with Crippen molar-refractivity contribution < 1.29 is 27.9 Å². The Kier molecular flexibility index (Phi) is 6.37. The molecular weight excluding hydrogens is 415 g/mol. The lowest BCUT2D eigenvalue weighted by Crippen LogP contribution is -2.48. The van der Waals surface area contributed by atoms with E-state index in [4.69, 9.17) is 0 Å². The first-order valence-corrected chi connectivity index (χ1v) is 9.86. The van der Waals surface area contributed by atoms with Gasteiger partial charge >= 0.3 is 0 Å². The van der Waals surface area contributed by atoms with Gasteiger partial charge in [0.25, 0.3) is 11.8 Å². The van der Waals surface area contributed by atoms with E-state index in [1.165, 1.54) is 4.57 Å². The number of nitrogens with zero attached hydrogens (tertiary/aromatic N) is 1. The number of rotatable bonds is 6. The van der Waals surface area contributed by atoms with Crippen LogP contribution in [0, 0.1) is 17.5 Å². The molecule has 0 radical (unpaired) electrons. The van der Waals surface area contributed by atoms with Gasteiger partial charge in [0.1, 0.15) is 23.0 Å². The Labute approximate surface area is 175 Å². The number of benzene rings is 1. The van der Waals surface area contributed by atoms with Crippen molar-refractivity contribution in [3.8, 4) is 5.75 Å².